The molecular weight excluding hydrogens is 268 g/mol. The van der Waals surface area contributed by atoms with Gasteiger partial charge in [0, 0.05) is 17.6 Å². The first-order valence-electron chi connectivity index (χ1n) is 7.52. The Bertz CT molecular complexity index is 539. The minimum Gasteiger partial charge on any atom is -0.311 e. The van der Waals surface area contributed by atoms with Crippen molar-refractivity contribution in [3.8, 4) is 0 Å². The number of rotatable bonds is 8. The Morgan fingerprint density at radius 3 is 2.75 bits per heavy atom. The van der Waals surface area contributed by atoms with Crippen LogP contribution in [0.3, 0.4) is 0 Å². The Hall–Kier alpha value is -0.910. The maximum atomic E-state index is 4.62. The number of hydrogen-bond acceptors (Lipinski definition) is 4. The van der Waals surface area contributed by atoms with E-state index in [1.807, 2.05) is 0 Å². The van der Waals surface area contributed by atoms with Gasteiger partial charge >= 0.3 is 0 Å². The monoisotopic (exact) mass is 294 g/mol. The highest BCUT2D eigenvalue weighted by molar-refractivity contribution is 7.17. The molecule has 0 aliphatic heterocycles. The average molecular weight is 294 g/mol. The van der Waals surface area contributed by atoms with Gasteiger partial charge in [0.15, 0.2) is 4.96 Å². The fourth-order valence-electron chi connectivity index (χ4n) is 2.50. The van der Waals surface area contributed by atoms with Crippen molar-refractivity contribution in [1.29, 1.82) is 0 Å². The molecule has 0 fully saturated rings. The highest BCUT2D eigenvalue weighted by Crippen LogP contribution is 2.20. The third-order valence-electron chi connectivity index (χ3n) is 3.76. The molecule has 5 heteroatoms. The SMILES string of the molecule is CCN(CC)CCCNCc1c(C)nc2sc(C)cn12. The molecular formula is C15H26N4S. The molecule has 0 unspecified atom stereocenters. The van der Waals surface area contributed by atoms with Gasteiger partial charge in [0.25, 0.3) is 0 Å². The van der Waals surface area contributed by atoms with Gasteiger partial charge in [0.1, 0.15) is 0 Å². The summed E-state index contributed by atoms with van der Waals surface area (Å²) in [5.74, 6) is 0. The van der Waals surface area contributed by atoms with E-state index >= 15 is 0 Å². The van der Waals surface area contributed by atoms with E-state index in [4.69, 9.17) is 0 Å². The van der Waals surface area contributed by atoms with Gasteiger partial charge in [0.05, 0.1) is 11.4 Å². The van der Waals surface area contributed by atoms with Gasteiger partial charge in [-0.25, -0.2) is 4.98 Å². The van der Waals surface area contributed by atoms with Gasteiger partial charge in [-0.2, -0.15) is 0 Å². The molecule has 2 aromatic rings. The normalized spacial score (nSPS) is 11.8. The fourth-order valence-corrected chi connectivity index (χ4v) is 3.39. The lowest BCUT2D eigenvalue weighted by Crippen LogP contribution is -2.27. The molecule has 0 atom stereocenters. The van der Waals surface area contributed by atoms with Crippen molar-refractivity contribution < 1.29 is 0 Å². The second-order valence-corrected chi connectivity index (χ2v) is 6.41. The molecule has 0 amide bonds. The molecule has 20 heavy (non-hydrogen) atoms. The summed E-state index contributed by atoms with van der Waals surface area (Å²) in [6, 6.07) is 0. The Kier molecular flexibility index (Phi) is 5.57. The third-order valence-corrected chi connectivity index (χ3v) is 4.65. The van der Waals surface area contributed by atoms with E-state index in [0.717, 1.165) is 36.8 Å². The molecule has 1 N–H and O–H groups in total. The summed E-state index contributed by atoms with van der Waals surface area (Å²) in [5, 5.41) is 3.55. The molecule has 0 spiro atoms. The lowest BCUT2D eigenvalue weighted by Gasteiger charge is -2.17. The maximum Gasteiger partial charge on any atom is 0.194 e. The molecule has 112 valence electrons. The maximum absolute atomic E-state index is 4.62. The first kappa shape index (κ1) is 15.5. The van der Waals surface area contributed by atoms with Gasteiger partial charge in [-0.05, 0) is 46.4 Å². The topological polar surface area (TPSA) is 32.6 Å². The molecule has 2 aromatic heterocycles. The Labute approximate surface area is 125 Å². The van der Waals surface area contributed by atoms with Gasteiger partial charge in [0.2, 0.25) is 0 Å². The number of fused-ring (bicyclic) bond motifs is 1. The number of nitrogens with one attached hydrogen (secondary N) is 1. The number of nitrogens with zero attached hydrogens (tertiary/aromatic N) is 3. The summed E-state index contributed by atoms with van der Waals surface area (Å²) in [6.07, 6.45) is 3.39. The third kappa shape index (κ3) is 3.59. The summed E-state index contributed by atoms with van der Waals surface area (Å²) >= 11 is 1.76. The quantitative estimate of drug-likeness (QED) is 0.760. The van der Waals surface area contributed by atoms with Crippen LogP contribution in [-0.4, -0.2) is 40.5 Å². The largest absolute Gasteiger partial charge is 0.311 e. The first-order chi connectivity index (χ1) is 9.65. The van der Waals surface area contributed by atoms with E-state index in [2.05, 4.69) is 53.5 Å². The van der Waals surface area contributed by atoms with Crippen LogP contribution in [0.15, 0.2) is 6.20 Å². The zero-order chi connectivity index (χ0) is 14.5. The van der Waals surface area contributed by atoms with Crippen LogP contribution in [0.5, 0.6) is 0 Å². The molecule has 0 aliphatic rings. The van der Waals surface area contributed by atoms with Gasteiger partial charge < -0.3 is 10.2 Å². The van der Waals surface area contributed by atoms with E-state index in [-0.39, 0.29) is 0 Å². The molecule has 0 saturated carbocycles. The van der Waals surface area contributed by atoms with Crippen molar-refractivity contribution in [3.63, 3.8) is 0 Å². The van der Waals surface area contributed by atoms with E-state index in [1.54, 1.807) is 11.3 Å². The zero-order valence-corrected chi connectivity index (χ0v) is 13.9. The summed E-state index contributed by atoms with van der Waals surface area (Å²) in [5.41, 5.74) is 2.44. The highest BCUT2D eigenvalue weighted by Gasteiger charge is 2.10. The van der Waals surface area contributed by atoms with Gasteiger partial charge in [-0.1, -0.05) is 13.8 Å². The molecule has 2 rings (SSSR count). The van der Waals surface area contributed by atoms with Gasteiger partial charge in [-0.3, -0.25) is 4.40 Å². The second kappa shape index (κ2) is 7.20. The predicted octanol–water partition coefficient (Wildman–Crippen LogP) is 2.83. The minimum atomic E-state index is 0.904. The lowest BCUT2D eigenvalue weighted by molar-refractivity contribution is 0.298. The van der Waals surface area contributed by atoms with E-state index < -0.39 is 0 Å². The molecule has 0 aromatic carbocycles. The van der Waals surface area contributed by atoms with Crippen molar-refractivity contribution in [2.24, 2.45) is 0 Å². The zero-order valence-electron chi connectivity index (χ0n) is 13.1. The van der Waals surface area contributed by atoms with Crippen molar-refractivity contribution >= 4 is 16.3 Å². The summed E-state index contributed by atoms with van der Waals surface area (Å²) < 4.78 is 2.23. The molecule has 0 saturated heterocycles. The molecule has 0 bridgehead atoms. The van der Waals surface area contributed by atoms with Crippen LogP contribution in [0.25, 0.3) is 4.96 Å². The van der Waals surface area contributed by atoms with Crippen LogP contribution in [-0.2, 0) is 6.54 Å². The van der Waals surface area contributed by atoms with Crippen molar-refractivity contribution in [1.82, 2.24) is 19.6 Å². The van der Waals surface area contributed by atoms with Crippen molar-refractivity contribution in [2.75, 3.05) is 26.2 Å². The van der Waals surface area contributed by atoms with Crippen LogP contribution < -0.4 is 5.32 Å². The van der Waals surface area contributed by atoms with Gasteiger partial charge in [-0.15, -0.1) is 11.3 Å². The number of hydrogen-bond donors (Lipinski definition) is 1. The van der Waals surface area contributed by atoms with Crippen LogP contribution in [0, 0.1) is 13.8 Å². The standard InChI is InChI=1S/C15H26N4S/c1-5-18(6-2)9-7-8-16-10-14-13(4)17-15-19(14)11-12(3)20-15/h11,16H,5-10H2,1-4H3. The smallest absolute Gasteiger partial charge is 0.194 e. The number of aromatic nitrogens is 2. The second-order valence-electron chi connectivity index (χ2n) is 5.20. The first-order valence-corrected chi connectivity index (χ1v) is 8.34. The lowest BCUT2D eigenvalue weighted by atomic mass is 10.3. The molecule has 0 aliphatic carbocycles. The molecule has 0 radical (unpaired) electrons. The van der Waals surface area contributed by atoms with Crippen molar-refractivity contribution in [2.45, 2.75) is 40.7 Å². The summed E-state index contributed by atoms with van der Waals surface area (Å²) in [6.45, 7) is 14.1. The summed E-state index contributed by atoms with van der Waals surface area (Å²) in [4.78, 5) is 9.51. The average Bonchev–Trinajstić information content (AvgIpc) is 2.90. The predicted molar refractivity (Wildman–Crippen MR) is 86.7 cm³/mol. The summed E-state index contributed by atoms with van der Waals surface area (Å²) in [7, 11) is 0. The van der Waals surface area contributed by atoms with Crippen LogP contribution in [0.4, 0.5) is 0 Å². The Morgan fingerprint density at radius 2 is 2.05 bits per heavy atom. The Morgan fingerprint density at radius 1 is 1.30 bits per heavy atom. The minimum absolute atomic E-state index is 0.904. The molecule has 4 nitrogen and oxygen atoms in total. The van der Waals surface area contributed by atoms with E-state index in [9.17, 15) is 0 Å². The number of aryl methyl sites for hydroxylation is 2. The van der Waals surface area contributed by atoms with Crippen LogP contribution >= 0.6 is 11.3 Å². The number of thiazole rings is 1. The molecule has 2 heterocycles. The number of imidazole rings is 1. The fraction of sp³-hybridized carbons (Fsp3) is 0.667. The Balaban J connectivity index is 1.82. The van der Waals surface area contributed by atoms with Crippen LogP contribution in [0.2, 0.25) is 0 Å². The van der Waals surface area contributed by atoms with E-state index in [1.165, 1.54) is 23.5 Å². The highest BCUT2D eigenvalue weighted by atomic mass is 32.1. The van der Waals surface area contributed by atoms with Crippen molar-refractivity contribution in [3.05, 3.63) is 22.5 Å². The van der Waals surface area contributed by atoms with E-state index in [0.29, 0.717) is 0 Å². The van der Waals surface area contributed by atoms with Crippen LogP contribution in [0.1, 0.15) is 36.5 Å².